The first-order valence-corrected chi connectivity index (χ1v) is 7.29. The zero-order valence-corrected chi connectivity index (χ0v) is 12.0. The Bertz CT molecular complexity index is 462. The summed E-state index contributed by atoms with van der Waals surface area (Å²) in [5, 5.41) is 12.2. The molecule has 1 heterocycles. The van der Waals surface area contributed by atoms with E-state index >= 15 is 0 Å². The number of nitrogens with one attached hydrogen (secondary N) is 1. The van der Waals surface area contributed by atoms with Crippen molar-refractivity contribution in [1.82, 2.24) is 4.98 Å². The minimum atomic E-state index is -1.06. The molecule has 1 aromatic heterocycles. The predicted octanol–water partition coefficient (Wildman–Crippen LogP) is 3.19. The van der Waals surface area contributed by atoms with Crippen molar-refractivity contribution < 1.29 is 14.6 Å². The Morgan fingerprint density at radius 3 is 2.90 bits per heavy atom. The van der Waals surface area contributed by atoms with Crippen molar-refractivity contribution in [3.8, 4) is 0 Å². The second-order valence-corrected chi connectivity index (χ2v) is 5.32. The first-order valence-electron chi connectivity index (χ1n) is 6.91. The highest BCUT2D eigenvalue weighted by Gasteiger charge is 2.13. The van der Waals surface area contributed by atoms with E-state index in [1.54, 1.807) is 0 Å². The molecule has 0 aliphatic heterocycles. The fourth-order valence-corrected chi connectivity index (χ4v) is 2.52. The number of anilines is 1. The number of carboxylic acid groups (broad SMARTS) is 1. The third kappa shape index (κ3) is 4.35. The molecule has 2 N–H and O–H groups in total. The van der Waals surface area contributed by atoms with Gasteiger partial charge >= 0.3 is 5.97 Å². The van der Waals surface area contributed by atoms with Gasteiger partial charge in [-0.15, -0.1) is 0 Å². The molecule has 0 unspecified atom stereocenters. The van der Waals surface area contributed by atoms with Crippen molar-refractivity contribution in [1.29, 1.82) is 0 Å². The summed E-state index contributed by atoms with van der Waals surface area (Å²) in [6.07, 6.45) is 7.81. The molecule has 2 rings (SSSR count). The van der Waals surface area contributed by atoms with Crippen LogP contribution in [0.25, 0.3) is 0 Å². The molecule has 0 spiro atoms. The summed E-state index contributed by atoms with van der Waals surface area (Å²) in [4.78, 5) is 15.0. The smallest absolute Gasteiger partial charge is 0.337 e. The number of carboxylic acids is 1. The number of hydrogen-bond acceptors (Lipinski definition) is 4. The number of pyridine rings is 1. The number of nitrogens with zero attached hydrogens (tertiary/aromatic N) is 1. The lowest BCUT2D eigenvalue weighted by molar-refractivity contribution is 0.0347. The molecule has 1 fully saturated rings. The van der Waals surface area contributed by atoms with Crippen LogP contribution < -0.4 is 5.32 Å². The lowest BCUT2D eigenvalue weighted by atomic mass is 9.98. The summed E-state index contributed by atoms with van der Waals surface area (Å²) in [6, 6.07) is 1.44. The Balaban J connectivity index is 1.76. The summed E-state index contributed by atoms with van der Waals surface area (Å²) in [7, 11) is 0. The Kier molecular flexibility index (Phi) is 5.61. The average Bonchev–Trinajstić information content (AvgIpc) is 2.46. The van der Waals surface area contributed by atoms with Gasteiger partial charge in [-0.3, -0.25) is 0 Å². The first kappa shape index (κ1) is 15.1. The van der Waals surface area contributed by atoms with E-state index in [2.05, 4.69) is 10.3 Å². The second kappa shape index (κ2) is 7.45. The Morgan fingerprint density at radius 2 is 2.20 bits per heavy atom. The normalized spacial score (nSPS) is 16.1. The molecule has 110 valence electrons. The van der Waals surface area contributed by atoms with Crippen molar-refractivity contribution in [2.24, 2.45) is 0 Å². The lowest BCUT2D eigenvalue weighted by Gasteiger charge is -2.22. The molecule has 0 saturated heterocycles. The van der Waals surface area contributed by atoms with E-state index in [0.717, 1.165) is 12.8 Å². The van der Waals surface area contributed by atoms with Gasteiger partial charge in [0.15, 0.2) is 0 Å². The maximum Gasteiger partial charge on any atom is 0.337 e. The fourth-order valence-electron chi connectivity index (χ4n) is 2.34. The summed E-state index contributed by atoms with van der Waals surface area (Å²) >= 11 is 5.76. The lowest BCUT2D eigenvalue weighted by Crippen LogP contribution is -2.20. The molecule has 1 aliphatic carbocycles. The summed E-state index contributed by atoms with van der Waals surface area (Å²) in [6.45, 7) is 1.20. The number of hydrogen-bond donors (Lipinski definition) is 2. The SMILES string of the molecule is O=C(O)c1cc(NCCOC2CCCCC2)ncc1Cl. The molecule has 1 aliphatic rings. The third-order valence-corrected chi connectivity index (χ3v) is 3.70. The Hall–Kier alpha value is -1.33. The van der Waals surface area contributed by atoms with E-state index in [9.17, 15) is 4.79 Å². The molecule has 0 bridgehead atoms. The van der Waals surface area contributed by atoms with Crippen LogP contribution in [-0.4, -0.2) is 35.3 Å². The number of aromatic nitrogens is 1. The van der Waals surface area contributed by atoms with Gasteiger partial charge in [0.1, 0.15) is 5.82 Å². The maximum atomic E-state index is 10.9. The molecule has 1 saturated carbocycles. The van der Waals surface area contributed by atoms with Gasteiger partial charge in [0.05, 0.1) is 23.3 Å². The van der Waals surface area contributed by atoms with Crippen LogP contribution in [0.2, 0.25) is 5.02 Å². The summed E-state index contributed by atoms with van der Waals surface area (Å²) < 4.78 is 5.77. The Labute approximate surface area is 123 Å². The minimum absolute atomic E-state index is 0.0531. The predicted molar refractivity (Wildman–Crippen MR) is 77.5 cm³/mol. The molecule has 6 heteroatoms. The van der Waals surface area contributed by atoms with E-state index in [-0.39, 0.29) is 10.6 Å². The van der Waals surface area contributed by atoms with Gasteiger partial charge in [-0.25, -0.2) is 9.78 Å². The quantitative estimate of drug-likeness (QED) is 0.789. The van der Waals surface area contributed by atoms with Gasteiger partial charge in [-0.1, -0.05) is 30.9 Å². The van der Waals surface area contributed by atoms with Crippen LogP contribution in [0.5, 0.6) is 0 Å². The standard InChI is InChI=1S/C14H19ClN2O3/c15-12-9-17-13(8-11(12)14(18)19)16-6-7-20-10-4-2-1-3-5-10/h8-10H,1-7H2,(H,16,17)(H,18,19). The highest BCUT2D eigenvalue weighted by atomic mass is 35.5. The zero-order chi connectivity index (χ0) is 14.4. The van der Waals surface area contributed by atoms with Gasteiger partial charge < -0.3 is 15.2 Å². The Morgan fingerprint density at radius 1 is 1.45 bits per heavy atom. The molecular formula is C14H19ClN2O3. The number of ether oxygens (including phenoxy) is 1. The van der Waals surface area contributed by atoms with Crippen LogP contribution in [0.1, 0.15) is 42.5 Å². The molecule has 5 nitrogen and oxygen atoms in total. The molecule has 1 aromatic rings. The monoisotopic (exact) mass is 298 g/mol. The topological polar surface area (TPSA) is 71.5 Å². The average molecular weight is 299 g/mol. The third-order valence-electron chi connectivity index (χ3n) is 3.40. The summed E-state index contributed by atoms with van der Waals surface area (Å²) in [5.74, 6) is -0.557. The molecule has 0 atom stereocenters. The van der Waals surface area contributed by atoms with Gasteiger partial charge in [0.2, 0.25) is 0 Å². The van der Waals surface area contributed by atoms with Gasteiger partial charge in [-0.2, -0.15) is 0 Å². The summed E-state index contributed by atoms with van der Waals surface area (Å²) in [5.41, 5.74) is 0.0531. The largest absolute Gasteiger partial charge is 0.478 e. The number of halogens is 1. The van der Waals surface area contributed by atoms with Gasteiger partial charge in [0, 0.05) is 12.7 Å². The van der Waals surface area contributed by atoms with Crippen molar-refractivity contribution >= 4 is 23.4 Å². The molecule has 20 heavy (non-hydrogen) atoms. The van der Waals surface area contributed by atoms with Crippen molar-refractivity contribution in [3.05, 3.63) is 22.8 Å². The van der Waals surface area contributed by atoms with Gasteiger partial charge in [-0.05, 0) is 18.9 Å². The van der Waals surface area contributed by atoms with E-state index in [1.807, 2.05) is 0 Å². The molecule has 0 aromatic carbocycles. The van der Waals surface area contributed by atoms with Crippen molar-refractivity contribution in [3.63, 3.8) is 0 Å². The molecule has 0 radical (unpaired) electrons. The zero-order valence-electron chi connectivity index (χ0n) is 11.3. The number of carbonyl (C=O) groups is 1. The molecule has 0 amide bonds. The highest BCUT2D eigenvalue weighted by Crippen LogP contribution is 2.20. The van der Waals surface area contributed by atoms with E-state index in [1.165, 1.54) is 31.5 Å². The van der Waals surface area contributed by atoms with E-state index in [0.29, 0.717) is 25.1 Å². The maximum absolute atomic E-state index is 10.9. The van der Waals surface area contributed by atoms with Crippen LogP contribution >= 0.6 is 11.6 Å². The van der Waals surface area contributed by atoms with Crippen LogP contribution in [0.3, 0.4) is 0 Å². The number of aromatic carboxylic acids is 1. The van der Waals surface area contributed by atoms with Crippen LogP contribution in [0.15, 0.2) is 12.3 Å². The van der Waals surface area contributed by atoms with Crippen LogP contribution in [0.4, 0.5) is 5.82 Å². The van der Waals surface area contributed by atoms with E-state index < -0.39 is 5.97 Å². The van der Waals surface area contributed by atoms with Crippen LogP contribution in [-0.2, 0) is 4.74 Å². The second-order valence-electron chi connectivity index (χ2n) is 4.91. The molecular weight excluding hydrogens is 280 g/mol. The van der Waals surface area contributed by atoms with Crippen molar-refractivity contribution in [2.45, 2.75) is 38.2 Å². The fraction of sp³-hybridized carbons (Fsp3) is 0.571. The van der Waals surface area contributed by atoms with E-state index in [4.69, 9.17) is 21.4 Å². The van der Waals surface area contributed by atoms with Crippen molar-refractivity contribution in [2.75, 3.05) is 18.5 Å². The highest BCUT2D eigenvalue weighted by molar-refractivity contribution is 6.33. The minimum Gasteiger partial charge on any atom is -0.478 e. The van der Waals surface area contributed by atoms with Gasteiger partial charge in [0.25, 0.3) is 0 Å². The van der Waals surface area contributed by atoms with Crippen LogP contribution in [0, 0.1) is 0 Å². The first-order chi connectivity index (χ1) is 9.66. The number of rotatable bonds is 6.